The summed E-state index contributed by atoms with van der Waals surface area (Å²) < 4.78 is 29.6. The lowest BCUT2D eigenvalue weighted by atomic mass is 10.1. The van der Waals surface area contributed by atoms with Gasteiger partial charge in [-0.15, -0.1) is 5.10 Å². The molecule has 0 spiro atoms. The molecule has 9 heteroatoms. The van der Waals surface area contributed by atoms with Gasteiger partial charge < -0.3 is 4.98 Å². The molecule has 4 aromatic rings. The normalized spacial score (nSPS) is 12.0. The van der Waals surface area contributed by atoms with Gasteiger partial charge in [0.05, 0.1) is 10.6 Å². The highest BCUT2D eigenvalue weighted by Crippen LogP contribution is 2.23. The largest absolute Gasteiger partial charge is 0.358 e. The first-order valence-electron chi connectivity index (χ1n) is 8.76. The maximum absolute atomic E-state index is 12.7. The van der Waals surface area contributed by atoms with Gasteiger partial charge in [0.1, 0.15) is 6.33 Å². The summed E-state index contributed by atoms with van der Waals surface area (Å²) in [5.41, 5.74) is 5.73. The van der Waals surface area contributed by atoms with Crippen LogP contribution in [0.25, 0.3) is 16.6 Å². The van der Waals surface area contributed by atoms with Crippen LogP contribution in [0.5, 0.6) is 0 Å². The molecule has 0 saturated carbocycles. The molecule has 2 aromatic heterocycles. The van der Waals surface area contributed by atoms with Crippen LogP contribution in [0, 0.1) is 20.8 Å². The molecule has 4 rings (SSSR count). The average Bonchev–Trinajstić information content (AvgIpc) is 3.29. The van der Waals surface area contributed by atoms with E-state index < -0.39 is 10.0 Å². The molecule has 2 aromatic carbocycles. The summed E-state index contributed by atoms with van der Waals surface area (Å²) in [4.78, 5) is 3.53. The Morgan fingerprint density at radius 1 is 1.11 bits per heavy atom. The van der Waals surface area contributed by atoms with Crippen molar-refractivity contribution in [1.82, 2.24) is 29.9 Å². The van der Waals surface area contributed by atoms with Crippen LogP contribution >= 0.6 is 0 Å². The Hall–Kier alpha value is -3.04. The zero-order valence-corrected chi connectivity index (χ0v) is 16.6. The number of tetrazole rings is 1. The van der Waals surface area contributed by atoms with Gasteiger partial charge in [-0.2, -0.15) is 0 Å². The van der Waals surface area contributed by atoms with Gasteiger partial charge in [0.2, 0.25) is 10.0 Å². The molecule has 28 heavy (non-hydrogen) atoms. The van der Waals surface area contributed by atoms with Crippen LogP contribution in [-0.2, 0) is 16.6 Å². The summed E-state index contributed by atoms with van der Waals surface area (Å²) in [6, 6.07) is 10.8. The Morgan fingerprint density at radius 2 is 1.93 bits per heavy atom. The molecule has 2 N–H and O–H groups in total. The summed E-state index contributed by atoms with van der Waals surface area (Å²) in [6.45, 7) is 6.12. The Kier molecular flexibility index (Phi) is 4.48. The standard InChI is InChI=1S/C19H20N6O2S/c1-12-8-16(5-7-19(12)25-11-20-23-24-25)28(26,27)21-10-15-4-6-18-17(9-15)13(2)14(3)22-18/h4-9,11,21-22H,10H2,1-3H3. The van der Waals surface area contributed by atoms with E-state index in [1.54, 1.807) is 18.2 Å². The molecular weight excluding hydrogens is 376 g/mol. The quantitative estimate of drug-likeness (QED) is 0.539. The van der Waals surface area contributed by atoms with Crippen molar-refractivity contribution >= 4 is 20.9 Å². The second-order valence-electron chi connectivity index (χ2n) is 6.78. The molecular formula is C19H20N6O2S. The van der Waals surface area contributed by atoms with Crippen LogP contribution in [0.2, 0.25) is 0 Å². The van der Waals surface area contributed by atoms with E-state index >= 15 is 0 Å². The molecule has 0 aliphatic carbocycles. The second-order valence-corrected chi connectivity index (χ2v) is 8.55. The summed E-state index contributed by atoms with van der Waals surface area (Å²) in [7, 11) is -3.64. The minimum Gasteiger partial charge on any atom is -0.358 e. The fourth-order valence-electron chi connectivity index (χ4n) is 3.20. The smallest absolute Gasteiger partial charge is 0.240 e. The predicted octanol–water partition coefficient (Wildman–Crippen LogP) is 2.55. The molecule has 0 bridgehead atoms. The molecule has 0 saturated heterocycles. The first kappa shape index (κ1) is 18.3. The maximum atomic E-state index is 12.7. The molecule has 0 aliphatic heterocycles. The summed E-state index contributed by atoms with van der Waals surface area (Å²) in [6.07, 6.45) is 1.47. The summed E-state index contributed by atoms with van der Waals surface area (Å²) in [5.74, 6) is 0. The highest BCUT2D eigenvalue weighted by Gasteiger charge is 2.16. The first-order valence-corrected chi connectivity index (χ1v) is 10.2. The van der Waals surface area contributed by atoms with E-state index in [0.29, 0.717) is 0 Å². The van der Waals surface area contributed by atoms with Crippen molar-refractivity contribution in [3.05, 3.63) is 65.1 Å². The van der Waals surface area contributed by atoms with Crippen molar-refractivity contribution in [2.24, 2.45) is 0 Å². The second kappa shape index (κ2) is 6.84. The summed E-state index contributed by atoms with van der Waals surface area (Å²) >= 11 is 0. The predicted molar refractivity (Wildman–Crippen MR) is 106 cm³/mol. The van der Waals surface area contributed by atoms with Crippen molar-refractivity contribution in [1.29, 1.82) is 0 Å². The highest BCUT2D eigenvalue weighted by atomic mass is 32.2. The van der Waals surface area contributed by atoms with E-state index in [9.17, 15) is 8.42 Å². The van der Waals surface area contributed by atoms with E-state index in [-0.39, 0.29) is 11.4 Å². The van der Waals surface area contributed by atoms with Gasteiger partial charge in [-0.25, -0.2) is 17.8 Å². The van der Waals surface area contributed by atoms with Crippen molar-refractivity contribution in [3.8, 4) is 5.69 Å². The lowest BCUT2D eigenvalue weighted by Gasteiger charge is -2.10. The van der Waals surface area contributed by atoms with Gasteiger partial charge in [0, 0.05) is 23.1 Å². The number of sulfonamides is 1. The lowest BCUT2D eigenvalue weighted by molar-refractivity contribution is 0.581. The van der Waals surface area contributed by atoms with Crippen LogP contribution in [0.3, 0.4) is 0 Å². The Bertz CT molecular complexity index is 1260. The molecule has 0 atom stereocenters. The van der Waals surface area contributed by atoms with Gasteiger partial charge in [-0.05, 0) is 78.2 Å². The fraction of sp³-hybridized carbons (Fsp3) is 0.211. The zero-order chi connectivity index (χ0) is 19.9. The van der Waals surface area contributed by atoms with Gasteiger partial charge in [-0.1, -0.05) is 6.07 Å². The van der Waals surface area contributed by atoms with Crippen LogP contribution in [0.15, 0.2) is 47.6 Å². The number of hydrogen-bond acceptors (Lipinski definition) is 5. The van der Waals surface area contributed by atoms with Crippen molar-refractivity contribution in [3.63, 3.8) is 0 Å². The van der Waals surface area contributed by atoms with Crippen LogP contribution < -0.4 is 4.72 Å². The van der Waals surface area contributed by atoms with E-state index in [2.05, 4.69) is 32.2 Å². The molecule has 0 aliphatic rings. The molecule has 144 valence electrons. The average molecular weight is 396 g/mol. The Labute approximate surface area is 162 Å². The van der Waals surface area contributed by atoms with Gasteiger partial charge in [0.15, 0.2) is 0 Å². The number of nitrogens with one attached hydrogen (secondary N) is 2. The molecule has 2 heterocycles. The molecule has 0 radical (unpaired) electrons. The topological polar surface area (TPSA) is 106 Å². The van der Waals surface area contributed by atoms with E-state index in [1.807, 2.05) is 32.0 Å². The number of aryl methyl sites for hydroxylation is 3. The minimum absolute atomic E-state index is 0.205. The molecule has 8 nitrogen and oxygen atoms in total. The van der Waals surface area contributed by atoms with Gasteiger partial charge in [0.25, 0.3) is 0 Å². The van der Waals surface area contributed by atoms with Crippen molar-refractivity contribution in [2.75, 3.05) is 0 Å². The third-order valence-electron chi connectivity index (χ3n) is 4.91. The lowest BCUT2D eigenvalue weighted by Crippen LogP contribution is -2.23. The maximum Gasteiger partial charge on any atom is 0.240 e. The minimum atomic E-state index is -3.64. The molecule has 0 unspecified atom stereocenters. The van der Waals surface area contributed by atoms with E-state index in [0.717, 1.165) is 33.4 Å². The number of aromatic amines is 1. The van der Waals surface area contributed by atoms with Crippen molar-refractivity contribution < 1.29 is 8.42 Å². The first-order chi connectivity index (χ1) is 13.3. The van der Waals surface area contributed by atoms with Crippen LogP contribution in [0.4, 0.5) is 0 Å². The SMILES string of the molecule is Cc1cc(S(=O)(=O)NCc2ccc3[nH]c(C)c(C)c3c2)ccc1-n1cnnn1. The van der Waals surface area contributed by atoms with Crippen LogP contribution in [-0.4, -0.2) is 33.6 Å². The van der Waals surface area contributed by atoms with E-state index in [4.69, 9.17) is 0 Å². The fourth-order valence-corrected chi connectivity index (χ4v) is 4.31. The van der Waals surface area contributed by atoms with Crippen molar-refractivity contribution in [2.45, 2.75) is 32.2 Å². The third-order valence-corrected chi connectivity index (χ3v) is 6.31. The number of rotatable bonds is 5. The Morgan fingerprint density at radius 3 is 2.64 bits per heavy atom. The highest BCUT2D eigenvalue weighted by molar-refractivity contribution is 7.89. The third kappa shape index (κ3) is 3.30. The molecule has 0 amide bonds. The molecule has 0 fully saturated rings. The monoisotopic (exact) mass is 396 g/mol. The van der Waals surface area contributed by atoms with Gasteiger partial charge >= 0.3 is 0 Å². The van der Waals surface area contributed by atoms with Gasteiger partial charge in [-0.3, -0.25) is 0 Å². The zero-order valence-electron chi connectivity index (χ0n) is 15.8. The summed E-state index contributed by atoms with van der Waals surface area (Å²) in [5, 5.41) is 12.1. The number of hydrogen-bond donors (Lipinski definition) is 2. The number of H-pyrrole nitrogens is 1. The number of fused-ring (bicyclic) bond motifs is 1. The number of aromatic nitrogens is 5. The van der Waals surface area contributed by atoms with E-state index in [1.165, 1.54) is 16.6 Å². The number of benzene rings is 2. The van der Waals surface area contributed by atoms with Crippen LogP contribution in [0.1, 0.15) is 22.4 Å². The number of nitrogens with zero attached hydrogens (tertiary/aromatic N) is 4. The Balaban J connectivity index is 1.56.